The van der Waals surface area contributed by atoms with E-state index in [0.29, 0.717) is 12.3 Å². The number of methoxy groups -OCH3 is 1. The smallest absolute Gasteiger partial charge is 0.133 e. The molecule has 0 amide bonds. The molecule has 0 bridgehead atoms. The normalized spacial score (nSPS) is 16.2. The lowest BCUT2D eigenvalue weighted by Gasteiger charge is -2.27. The van der Waals surface area contributed by atoms with Crippen molar-refractivity contribution >= 4 is 0 Å². The molecule has 15 heavy (non-hydrogen) atoms. The molecule has 0 unspecified atom stereocenters. The average Bonchev–Trinajstić information content (AvgIpc) is 2.13. The van der Waals surface area contributed by atoms with Gasteiger partial charge in [0.05, 0.1) is 7.11 Å². The van der Waals surface area contributed by atoms with Crippen LogP contribution in [-0.4, -0.2) is 20.2 Å². The molecule has 0 saturated carbocycles. The highest BCUT2D eigenvalue weighted by atomic mass is 19.1. The van der Waals surface area contributed by atoms with E-state index in [-0.39, 0.29) is 11.3 Å². The number of nitrogens with one attached hydrogen (secondary N) is 1. The van der Waals surface area contributed by atoms with Crippen molar-refractivity contribution in [1.29, 1.82) is 0 Å². The molecule has 1 aliphatic rings. The number of benzene rings is 1. The van der Waals surface area contributed by atoms with Crippen LogP contribution in [0.4, 0.5) is 8.78 Å². The van der Waals surface area contributed by atoms with Crippen LogP contribution in [0.5, 0.6) is 5.75 Å². The van der Waals surface area contributed by atoms with Gasteiger partial charge >= 0.3 is 0 Å². The fourth-order valence-corrected chi connectivity index (χ4v) is 1.67. The van der Waals surface area contributed by atoms with Crippen LogP contribution in [0.1, 0.15) is 5.56 Å². The first-order chi connectivity index (χ1) is 7.20. The number of hydrogen-bond donors (Lipinski definition) is 1. The first-order valence-electron chi connectivity index (χ1n) is 4.93. The highest BCUT2D eigenvalue weighted by molar-refractivity contribution is 5.31. The molecule has 1 aromatic rings. The molecule has 0 atom stereocenters. The Bertz CT molecular complexity index is 341. The lowest BCUT2D eigenvalue weighted by atomic mass is 9.94. The van der Waals surface area contributed by atoms with Crippen molar-refractivity contribution in [2.75, 3.05) is 20.2 Å². The lowest BCUT2D eigenvalue weighted by Crippen LogP contribution is -2.43. The van der Waals surface area contributed by atoms with Gasteiger partial charge in [0.15, 0.2) is 0 Å². The van der Waals surface area contributed by atoms with E-state index in [4.69, 9.17) is 4.74 Å². The van der Waals surface area contributed by atoms with Crippen molar-refractivity contribution in [3.63, 3.8) is 0 Å². The molecule has 1 aromatic carbocycles. The molecule has 4 heteroatoms. The summed E-state index contributed by atoms with van der Waals surface area (Å²) >= 11 is 0. The Morgan fingerprint density at radius 1 is 1.33 bits per heavy atom. The van der Waals surface area contributed by atoms with Crippen LogP contribution >= 0.6 is 0 Å². The molecule has 2 rings (SSSR count). The number of hydrogen-bond acceptors (Lipinski definition) is 2. The Morgan fingerprint density at radius 3 is 2.33 bits per heavy atom. The monoisotopic (exact) mass is 213 g/mol. The summed E-state index contributed by atoms with van der Waals surface area (Å²) in [6.45, 7) is 1.68. The lowest BCUT2D eigenvalue weighted by molar-refractivity contribution is 0.336. The Morgan fingerprint density at radius 2 is 1.93 bits per heavy atom. The molecule has 82 valence electrons. The molecule has 1 saturated heterocycles. The van der Waals surface area contributed by atoms with Crippen molar-refractivity contribution in [3.05, 3.63) is 29.3 Å². The van der Waals surface area contributed by atoms with Gasteiger partial charge in [-0.1, -0.05) is 0 Å². The highest BCUT2D eigenvalue weighted by Crippen LogP contribution is 2.23. The van der Waals surface area contributed by atoms with Gasteiger partial charge in [0.1, 0.15) is 17.4 Å². The highest BCUT2D eigenvalue weighted by Gasteiger charge is 2.21. The van der Waals surface area contributed by atoms with Gasteiger partial charge in [0.25, 0.3) is 0 Å². The topological polar surface area (TPSA) is 21.3 Å². The predicted octanol–water partition coefficient (Wildman–Crippen LogP) is 1.74. The van der Waals surface area contributed by atoms with Gasteiger partial charge in [-0.15, -0.1) is 0 Å². The Balaban J connectivity index is 2.21. The van der Waals surface area contributed by atoms with Crippen LogP contribution < -0.4 is 10.1 Å². The summed E-state index contributed by atoms with van der Waals surface area (Å²) in [7, 11) is 1.39. The minimum absolute atomic E-state index is 0.169. The number of ether oxygens (including phenoxy) is 1. The second kappa shape index (κ2) is 4.14. The van der Waals surface area contributed by atoms with E-state index in [1.165, 1.54) is 19.2 Å². The Hall–Kier alpha value is -1.16. The average molecular weight is 213 g/mol. The summed E-state index contributed by atoms with van der Waals surface area (Å²) in [6, 6.07) is 2.45. The summed E-state index contributed by atoms with van der Waals surface area (Å²) in [5.41, 5.74) is 0.169. The second-order valence-electron chi connectivity index (χ2n) is 3.80. The first-order valence-corrected chi connectivity index (χ1v) is 4.93. The van der Waals surface area contributed by atoms with Crippen molar-refractivity contribution in [2.24, 2.45) is 5.92 Å². The van der Waals surface area contributed by atoms with E-state index in [0.717, 1.165) is 13.1 Å². The summed E-state index contributed by atoms with van der Waals surface area (Å²) < 4.78 is 31.7. The molecule has 0 radical (unpaired) electrons. The summed E-state index contributed by atoms with van der Waals surface area (Å²) in [5, 5.41) is 3.07. The maximum atomic E-state index is 13.5. The van der Waals surface area contributed by atoms with Gasteiger partial charge in [0, 0.05) is 17.7 Å². The van der Waals surface area contributed by atoms with Crippen LogP contribution in [0, 0.1) is 17.6 Å². The van der Waals surface area contributed by atoms with E-state index >= 15 is 0 Å². The zero-order valence-corrected chi connectivity index (χ0v) is 8.52. The maximum Gasteiger partial charge on any atom is 0.133 e. The molecule has 0 aromatic heterocycles. The SMILES string of the molecule is COc1cc(F)c(CC2CNC2)c(F)c1. The minimum atomic E-state index is -0.515. The van der Waals surface area contributed by atoms with Crippen molar-refractivity contribution in [2.45, 2.75) is 6.42 Å². The van der Waals surface area contributed by atoms with Crippen molar-refractivity contribution in [3.8, 4) is 5.75 Å². The third-order valence-electron chi connectivity index (χ3n) is 2.71. The molecule has 2 nitrogen and oxygen atoms in total. The predicted molar refractivity (Wildman–Crippen MR) is 53.0 cm³/mol. The third-order valence-corrected chi connectivity index (χ3v) is 2.71. The zero-order chi connectivity index (χ0) is 10.8. The quantitative estimate of drug-likeness (QED) is 0.825. The molecule has 0 spiro atoms. The van der Waals surface area contributed by atoms with Gasteiger partial charge in [-0.25, -0.2) is 8.78 Å². The minimum Gasteiger partial charge on any atom is -0.497 e. The molecular formula is C11H13F2NO. The molecular weight excluding hydrogens is 200 g/mol. The molecule has 1 N–H and O–H groups in total. The number of halogens is 2. The van der Waals surface area contributed by atoms with Gasteiger partial charge in [-0.2, -0.15) is 0 Å². The van der Waals surface area contributed by atoms with Crippen LogP contribution in [0.3, 0.4) is 0 Å². The van der Waals surface area contributed by atoms with Crippen LogP contribution in [0.2, 0.25) is 0 Å². The molecule has 1 aliphatic heterocycles. The van der Waals surface area contributed by atoms with Gasteiger partial charge < -0.3 is 10.1 Å². The largest absolute Gasteiger partial charge is 0.497 e. The third kappa shape index (κ3) is 2.09. The van der Waals surface area contributed by atoms with E-state index in [1.807, 2.05) is 0 Å². The van der Waals surface area contributed by atoms with Gasteiger partial charge in [-0.05, 0) is 25.4 Å². The van der Waals surface area contributed by atoms with E-state index < -0.39 is 11.6 Å². The van der Waals surface area contributed by atoms with Crippen molar-refractivity contribution in [1.82, 2.24) is 5.32 Å². The molecule has 0 aliphatic carbocycles. The van der Waals surface area contributed by atoms with E-state index in [2.05, 4.69) is 5.32 Å². The Kier molecular flexibility index (Phi) is 2.86. The summed E-state index contributed by atoms with van der Waals surface area (Å²) in [4.78, 5) is 0. The summed E-state index contributed by atoms with van der Waals surface area (Å²) in [6.07, 6.45) is 0.453. The number of rotatable bonds is 3. The maximum absolute atomic E-state index is 13.5. The van der Waals surface area contributed by atoms with E-state index in [9.17, 15) is 8.78 Å². The van der Waals surface area contributed by atoms with Gasteiger partial charge in [0.2, 0.25) is 0 Å². The van der Waals surface area contributed by atoms with Gasteiger partial charge in [-0.3, -0.25) is 0 Å². The van der Waals surface area contributed by atoms with Crippen LogP contribution in [0.15, 0.2) is 12.1 Å². The first kappa shape index (κ1) is 10.4. The fourth-order valence-electron chi connectivity index (χ4n) is 1.67. The van der Waals surface area contributed by atoms with Crippen LogP contribution in [0.25, 0.3) is 0 Å². The Labute approximate surface area is 87.2 Å². The van der Waals surface area contributed by atoms with Crippen LogP contribution in [-0.2, 0) is 6.42 Å². The summed E-state index contributed by atoms with van der Waals surface area (Å²) in [5.74, 6) is -0.458. The zero-order valence-electron chi connectivity index (χ0n) is 8.52. The molecule has 1 heterocycles. The second-order valence-corrected chi connectivity index (χ2v) is 3.80. The standard InChI is InChI=1S/C11H13F2NO/c1-15-8-3-10(12)9(11(13)4-8)2-7-5-14-6-7/h3-4,7,14H,2,5-6H2,1H3. The van der Waals surface area contributed by atoms with Crippen molar-refractivity contribution < 1.29 is 13.5 Å². The van der Waals surface area contributed by atoms with E-state index in [1.54, 1.807) is 0 Å². The molecule has 1 fully saturated rings. The fraction of sp³-hybridized carbons (Fsp3) is 0.455.